The molecule has 2 unspecified atom stereocenters. The largest absolute Gasteiger partial charge is 0.380 e. The lowest BCUT2D eigenvalue weighted by molar-refractivity contribution is 0.573. The third-order valence-corrected chi connectivity index (χ3v) is 4.83. The molecule has 1 aromatic carbocycles. The Labute approximate surface area is 102 Å². The van der Waals surface area contributed by atoms with E-state index in [1.54, 1.807) is 7.05 Å². The van der Waals surface area contributed by atoms with Gasteiger partial charge in [0.2, 0.25) is 0 Å². The van der Waals surface area contributed by atoms with Crippen molar-refractivity contribution in [2.45, 2.75) is 19.0 Å². The van der Waals surface area contributed by atoms with E-state index in [1.807, 2.05) is 31.2 Å². The lowest BCUT2D eigenvalue weighted by Gasteiger charge is -2.20. The molecule has 1 heterocycles. The Morgan fingerprint density at radius 1 is 1.24 bits per heavy atom. The van der Waals surface area contributed by atoms with Gasteiger partial charge in [0, 0.05) is 11.7 Å². The van der Waals surface area contributed by atoms with Crippen molar-refractivity contribution in [3.8, 4) is 0 Å². The molecule has 0 spiro atoms. The molecule has 2 N–H and O–H groups in total. The molecule has 0 aromatic heterocycles. The smallest absolute Gasteiger partial charge is 0.153 e. The molecule has 0 aliphatic carbocycles. The third kappa shape index (κ3) is 2.98. The van der Waals surface area contributed by atoms with Crippen molar-refractivity contribution in [3.05, 3.63) is 29.8 Å². The molecule has 4 nitrogen and oxygen atoms in total. The maximum Gasteiger partial charge on any atom is 0.153 e. The molecule has 1 saturated heterocycles. The van der Waals surface area contributed by atoms with Gasteiger partial charge in [0.1, 0.15) is 0 Å². The first-order valence-electron chi connectivity index (χ1n) is 5.71. The van der Waals surface area contributed by atoms with E-state index in [2.05, 4.69) is 10.6 Å². The lowest BCUT2D eigenvalue weighted by Crippen LogP contribution is -2.41. The number of rotatable bonds is 3. The van der Waals surface area contributed by atoms with E-state index in [9.17, 15) is 8.42 Å². The lowest BCUT2D eigenvalue weighted by atomic mass is 10.1. The Balaban J connectivity index is 2.13. The number of hydrogen-bond donors (Lipinski definition) is 2. The van der Waals surface area contributed by atoms with Gasteiger partial charge < -0.3 is 10.6 Å². The highest BCUT2D eigenvalue weighted by Crippen LogP contribution is 2.18. The standard InChI is InChI=1S/C12H18N2O2S/c1-9-4-3-5-10(6-9)14-12-8-17(15,16)7-11(12)13-2/h3-6,11-14H,7-8H2,1-2H3. The molecular formula is C12H18N2O2S. The first kappa shape index (κ1) is 12.4. The molecule has 5 heteroatoms. The van der Waals surface area contributed by atoms with Crippen LogP contribution in [-0.2, 0) is 9.84 Å². The Hall–Kier alpha value is -1.07. The summed E-state index contributed by atoms with van der Waals surface area (Å²) in [5, 5.41) is 6.36. The predicted octanol–water partition coefficient (Wildman–Crippen LogP) is 0.792. The highest BCUT2D eigenvalue weighted by molar-refractivity contribution is 7.91. The molecule has 1 fully saturated rings. The summed E-state index contributed by atoms with van der Waals surface area (Å²) in [4.78, 5) is 0. The summed E-state index contributed by atoms with van der Waals surface area (Å²) in [6.45, 7) is 2.02. The normalized spacial score (nSPS) is 26.9. The first-order chi connectivity index (χ1) is 8.00. The molecule has 94 valence electrons. The fourth-order valence-electron chi connectivity index (χ4n) is 2.22. The molecule has 0 bridgehead atoms. The number of likely N-dealkylation sites (N-methyl/N-ethyl adjacent to an activating group) is 1. The van der Waals surface area contributed by atoms with Crippen molar-refractivity contribution >= 4 is 15.5 Å². The Kier molecular flexibility index (Phi) is 3.40. The first-order valence-corrected chi connectivity index (χ1v) is 7.53. The Morgan fingerprint density at radius 2 is 1.94 bits per heavy atom. The summed E-state index contributed by atoms with van der Waals surface area (Å²) < 4.78 is 23.2. The molecule has 1 aliphatic rings. The molecule has 0 radical (unpaired) electrons. The second-order valence-corrected chi connectivity index (χ2v) is 6.75. The number of sulfone groups is 1. The molecule has 17 heavy (non-hydrogen) atoms. The van der Waals surface area contributed by atoms with Crippen LogP contribution in [0.15, 0.2) is 24.3 Å². The zero-order chi connectivity index (χ0) is 12.5. The van der Waals surface area contributed by atoms with Crippen molar-refractivity contribution in [2.75, 3.05) is 23.9 Å². The van der Waals surface area contributed by atoms with Crippen LogP contribution in [0.25, 0.3) is 0 Å². The van der Waals surface area contributed by atoms with E-state index in [0.29, 0.717) is 0 Å². The predicted molar refractivity (Wildman–Crippen MR) is 70.1 cm³/mol. The van der Waals surface area contributed by atoms with Gasteiger partial charge in [0.25, 0.3) is 0 Å². The minimum absolute atomic E-state index is 0.0134. The third-order valence-electron chi connectivity index (χ3n) is 3.09. The minimum atomic E-state index is -2.91. The topological polar surface area (TPSA) is 58.2 Å². The van der Waals surface area contributed by atoms with Gasteiger partial charge in [-0.05, 0) is 31.7 Å². The van der Waals surface area contributed by atoms with Crippen molar-refractivity contribution in [2.24, 2.45) is 0 Å². The van der Waals surface area contributed by atoms with Crippen LogP contribution in [0, 0.1) is 6.92 Å². The second-order valence-electron chi connectivity index (χ2n) is 4.59. The van der Waals surface area contributed by atoms with E-state index >= 15 is 0 Å². The van der Waals surface area contributed by atoms with Crippen molar-refractivity contribution in [3.63, 3.8) is 0 Å². The minimum Gasteiger partial charge on any atom is -0.380 e. The summed E-state index contributed by atoms with van der Waals surface area (Å²) in [5.41, 5.74) is 2.14. The quantitative estimate of drug-likeness (QED) is 0.837. The van der Waals surface area contributed by atoms with E-state index < -0.39 is 9.84 Å². The van der Waals surface area contributed by atoms with Gasteiger partial charge in [0.05, 0.1) is 17.5 Å². The van der Waals surface area contributed by atoms with Crippen LogP contribution in [0.4, 0.5) is 5.69 Å². The van der Waals surface area contributed by atoms with Gasteiger partial charge in [-0.25, -0.2) is 8.42 Å². The van der Waals surface area contributed by atoms with Crippen LogP contribution < -0.4 is 10.6 Å². The van der Waals surface area contributed by atoms with Gasteiger partial charge >= 0.3 is 0 Å². The molecule has 0 amide bonds. The average Bonchev–Trinajstić information content (AvgIpc) is 2.53. The van der Waals surface area contributed by atoms with Crippen molar-refractivity contribution in [1.82, 2.24) is 5.32 Å². The molecule has 1 aliphatic heterocycles. The van der Waals surface area contributed by atoms with Gasteiger partial charge in [-0.2, -0.15) is 0 Å². The Bertz CT molecular complexity index is 499. The van der Waals surface area contributed by atoms with E-state index in [0.717, 1.165) is 11.3 Å². The number of aryl methyl sites for hydroxylation is 1. The van der Waals surface area contributed by atoms with Crippen LogP contribution in [0.3, 0.4) is 0 Å². The number of anilines is 1. The number of hydrogen-bond acceptors (Lipinski definition) is 4. The SMILES string of the molecule is CNC1CS(=O)(=O)CC1Nc1cccc(C)c1. The highest BCUT2D eigenvalue weighted by Gasteiger charge is 2.36. The number of nitrogens with one attached hydrogen (secondary N) is 2. The van der Waals surface area contributed by atoms with Gasteiger partial charge in [-0.1, -0.05) is 12.1 Å². The maximum absolute atomic E-state index is 11.6. The van der Waals surface area contributed by atoms with E-state index in [-0.39, 0.29) is 23.6 Å². The van der Waals surface area contributed by atoms with Crippen molar-refractivity contribution in [1.29, 1.82) is 0 Å². The second kappa shape index (κ2) is 4.66. The van der Waals surface area contributed by atoms with Crippen LogP contribution in [-0.4, -0.2) is 39.1 Å². The zero-order valence-corrected chi connectivity index (χ0v) is 10.9. The summed E-state index contributed by atoms with van der Waals surface area (Å²) in [6.07, 6.45) is 0. The molecule has 2 atom stereocenters. The van der Waals surface area contributed by atoms with Crippen LogP contribution >= 0.6 is 0 Å². The fourth-order valence-corrected chi connectivity index (χ4v) is 4.17. The van der Waals surface area contributed by atoms with E-state index in [1.165, 1.54) is 0 Å². The van der Waals surface area contributed by atoms with Gasteiger partial charge in [-0.15, -0.1) is 0 Å². The summed E-state index contributed by atoms with van der Waals surface area (Å²) in [6, 6.07) is 7.91. The molecule has 0 saturated carbocycles. The van der Waals surface area contributed by atoms with E-state index in [4.69, 9.17) is 0 Å². The monoisotopic (exact) mass is 254 g/mol. The molecular weight excluding hydrogens is 236 g/mol. The van der Waals surface area contributed by atoms with Crippen LogP contribution in [0.5, 0.6) is 0 Å². The average molecular weight is 254 g/mol. The van der Waals surface area contributed by atoms with Crippen LogP contribution in [0.2, 0.25) is 0 Å². The highest BCUT2D eigenvalue weighted by atomic mass is 32.2. The summed E-state index contributed by atoms with van der Waals surface area (Å²) in [7, 11) is -1.11. The summed E-state index contributed by atoms with van der Waals surface area (Å²) in [5.74, 6) is 0.416. The zero-order valence-electron chi connectivity index (χ0n) is 10.1. The molecule has 1 aromatic rings. The van der Waals surface area contributed by atoms with Crippen LogP contribution in [0.1, 0.15) is 5.56 Å². The fraction of sp³-hybridized carbons (Fsp3) is 0.500. The van der Waals surface area contributed by atoms with Gasteiger partial charge in [0.15, 0.2) is 9.84 Å². The molecule has 2 rings (SSSR count). The Morgan fingerprint density at radius 3 is 2.59 bits per heavy atom. The maximum atomic E-state index is 11.6. The van der Waals surface area contributed by atoms with Crippen molar-refractivity contribution < 1.29 is 8.42 Å². The number of benzene rings is 1. The summed E-state index contributed by atoms with van der Waals surface area (Å²) >= 11 is 0. The van der Waals surface area contributed by atoms with Gasteiger partial charge in [-0.3, -0.25) is 0 Å².